The van der Waals surface area contributed by atoms with Gasteiger partial charge in [0.25, 0.3) is 5.56 Å². The smallest absolute Gasteiger partial charge is 0.258 e. The number of hydrogen-bond donors (Lipinski definition) is 2. The van der Waals surface area contributed by atoms with Crippen molar-refractivity contribution >= 4 is 28.5 Å². The molecule has 3 N–H and O–H groups in total. The van der Waals surface area contributed by atoms with Crippen LogP contribution in [0.5, 0.6) is 0 Å². The average molecular weight is 423 g/mol. The molecule has 0 aliphatic carbocycles. The molecule has 4 rings (SSSR count). The maximum atomic E-state index is 13.6. The number of aromatic amines is 1. The highest BCUT2D eigenvalue weighted by Crippen LogP contribution is 2.17. The number of benzene rings is 2. The number of aliphatic imine (C=N–C) groups is 1. The molecule has 0 unspecified atom stereocenters. The molecular formula is C23H23F2N5O. The first-order valence-corrected chi connectivity index (χ1v) is 10.2. The van der Waals surface area contributed by atoms with Crippen LogP contribution < -0.4 is 11.4 Å². The molecule has 0 saturated carbocycles. The Bertz CT molecular complexity index is 1200. The Balaban J connectivity index is 1.50. The number of likely N-dealkylation sites (tertiary alicyclic amines) is 1. The van der Waals surface area contributed by atoms with Gasteiger partial charge in [-0.1, -0.05) is 12.1 Å². The van der Waals surface area contributed by atoms with Crippen LogP contribution in [-0.2, 0) is 6.42 Å². The quantitative estimate of drug-likeness (QED) is 0.361. The topological polar surface area (TPSA) is 86.8 Å². The summed E-state index contributed by atoms with van der Waals surface area (Å²) in [6, 6.07) is 11.2. The Hall–Kier alpha value is -3.39. The lowest BCUT2D eigenvalue weighted by Crippen LogP contribution is -2.21. The van der Waals surface area contributed by atoms with Crippen LogP contribution in [0.25, 0.3) is 10.9 Å². The van der Waals surface area contributed by atoms with E-state index in [0.29, 0.717) is 11.1 Å². The van der Waals surface area contributed by atoms with E-state index in [1.165, 1.54) is 43.8 Å². The van der Waals surface area contributed by atoms with Crippen LogP contribution in [0.2, 0.25) is 0 Å². The Morgan fingerprint density at radius 3 is 2.52 bits per heavy atom. The highest BCUT2D eigenvalue weighted by Gasteiger charge is 2.12. The highest BCUT2D eigenvalue weighted by atomic mass is 19.2. The number of hydrazone groups is 1. The van der Waals surface area contributed by atoms with Crippen LogP contribution in [0.1, 0.15) is 24.0 Å². The lowest BCUT2D eigenvalue weighted by Gasteiger charge is -2.14. The minimum atomic E-state index is -1.03. The SMILES string of the molecule is NN=C(C=Nc1ccc(CCN2CCCC2)cc1)c1cc2cc(F)c(F)cc2[nH]c1=O. The Morgan fingerprint density at radius 1 is 1.10 bits per heavy atom. The van der Waals surface area contributed by atoms with Crippen LogP contribution >= 0.6 is 0 Å². The summed E-state index contributed by atoms with van der Waals surface area (Å²) in [7, 11) is 0. The van der Waals surface area contributed by atoms with Crippen molar-refractivity contribution < 1.29 is 8.78 Å². The number of H-pyrrole nitrogens is 1. The number of fused-ring (bicyclic) bond motifs is 1. The van der Waals surface area contributed by atoms with Crippen molar-refractivity contribution in [2.45, 2.75) is 19.3 Å². The number of nitrogens with two attached hydrogens (primary N) is 1. The second-order valence-corrected chi connectivity index (χ2v) is 7.60. The molecule has 0 spiro atoms. The molecule has 1 aromatic heterocycles. The first-order chi connectivity index (χ1) is 15.0. The van der Waals surface area contributed by atoms with Crippen LogP contribution in [0.4, 0.5) is 14.5 Å². The molecule has 31 heavy (non-hydrogen) atoms. The third kappa shape index (κ3) is 4.86. The summed E-state index contributed by atoms with van der Waals surface area (Å²) in [6.07, 6.45) is 4.94. The van der Waals surface area contributed by atoms with E-state index < -0.39 is 17.2 Å². The van der Waals surface area contributed by atoms with Gasteiger partial charge in [-0.3, -0.25) is 9.79 Å². The summed E-state index contributed by atoms with van der Waals surface area (Å²) >= 11 is 0. The summed E-state index contributed by atoms with van der Waals surface area (Å²) in [5.74, 6) is 3.43. The number of nitrogens with zero attached hydrogens (tertiary/aromatic N) is 3. The van der Waals surface area contributed by atoms with Gasteiger partial charge in [0.2, 0.25) is 0 Å². The lowest BCUT2D eigenvalue weighted by atomic mass is 10.1. The third-order valence-electron chi connectivity index (χ3n) is 5.49. The Kier molecular flexibility index (Phi) is 6.18. The summed E-state index contributed by atoms with van der Waals surface area (Å²) in [5.41, 5.74) is 1.84. The summed E-state index contributed by atoms with van der Waals surface area (Å²) in [6.45, 7) is 3.42. The molecule has 1 saturated heterocycles. The molecule has 0 atom stereocenters. The van der Waals surface area contributed by atoms with E-state index in [1.807, 2.05) is 24.3 Å². The maximum absolute atomic E-state index is 13.6. The van der Waals surface area contributed by atoms with E-state index in [0.717, 1.165) is 25.1 Å². The zero-order chi connectivity index (χ0) is 21.8. The maximum Gasteiger partial charge on any atom is 0.258 e. The number of aromatic nitrogens is 1. The van der Waals surface area contributed by atoms with Crippen LogP contribution in [-0.4, -0.2) is 41.4 Å². The molecule has 3 aromatic rings. The van der Waals surface area contributed by atoms with Crippen LogP contribution in [0.15, 0.2) is 57.4 Å². The molecule has 8 heteroatoms. The van der Waals surface area contributed by atoms with E-state index in [1.54, 1.807) is 0 Å². The van der Waals surface area contributed by atoms with Gasteiger partial charge in [0.05, 0.1) is 23.0 Å². The van der Waals surface area contributed by atoms with E-state index in [2.05, 4.69) is 20.0 Å². The lowest BCUT2D eigenvalue weighted by molar-refractivity contribution is 0.343. The van der Waals surface area contributed by atoms with Crippen molar-refractivity contribution in [3.8, 4) is 0 Å². The predicted molar refractivity (Wildman–Crippen MR) is 119 cm³/mol. The predicted octanol–water partition coefficient (Wildman–Crippen LogP) is 3.51. The second kappa shape index (κ2) is 9.18. The van der Waals surface area contributed by atoms with Crippen molar-refractivity contribution in [2.24, 2.45) is 15.9 Å². The van der Waals surface area contributed by atoms with E-state index >= 15 is 0 Å². The van der Waals surface area contributed by atoms with Gasteiger partial charge >= 0.3 is 0 Å². The second-order valence-electron chi connectivity index (χ2n) is 7.60. The number of rotatable bonds is 6. The van der Waals surface area contributed by atoms with Crippen molar-refractivity contribution in [3.05, 3.63) is 75.6 Å². The molecule has 160 valence electrons. The van der Waals surface area contributed by atoms with Crippen LogP contribution in [0.3, 0.4) is 0 Å². The molecule has 1 fully saturated rings. The standard InChI is InChI=1S/C23H23F2N5O/c24-19-12-16-11-18(23(31)28-21(16)13-20(19)25)22(29-26)14-27-17-5-3-15(4-6-17)7-10-30-8-1-2-9-30/h3-6,11-14H,1-2,7-10,26H2,(H,28,31). The zero-order valence-corrected chi connectivity index (χ0v) is 16.9. The van der Waals surface area contributed by atoms with Crippen molar-refractivity contribution in [3.63, 3.8) is 0 Å². The van der Waals surface area contributed by atoms with Gasteiger partial charge in [-0.15, -0.1) is 0 Å². The highest BCUT2D eigenvalue weighted by molar-refractivity contribution is 6.38. The molecule has 1 aliphatic heterocycles. The first kappa shape index (κ1) is 20.9. The first-order valence-electron chi connectivity index (χ1n) is 10.2. The number of halogens is 2. The fourth-order valence-electron chi connectivity index (χ4n) is 3.74. The number of pyridine rings is 1. The van der Waals surface area contributed by atoms with Gasteiger partial charge in [-0.05, 0) is 62.2 Å². The fraction of sp³-hybridized carbons (Fsp3) is 0.261. The Labute approximate surface area is 178 Å². The van der Waals surface area contributed by atoms with E-state index in [4.69, 9.17) is 5.84 Å². The molecule has 2 heterocycles. The van der Waals surface area contributed by atoms with Crippen molar-refractivity contribution in [1.29, 1.82) is 0 Å². The normalized spacial score (nSPS) is 15.4. The molecule has 0 radical (unpaired) electrons. The number of nitrogens with one attached hydrogen (secondary N) is 1. The summed E-state index contributed by atoms with van der Waals surface area (Å²) < 4.78 is 27.0. The molecular weight excluding hydrogens is 400 g/mol. The van der Waals surface area contributed by atoms with Gasteiger partial charge in [0.15, 0.2) is 11.6 Å². The van der Waals surface area contributed by atoms with Crippen molar-refractivity contribution in [2.75, 3.05) is 19.6 Å². The van der Waals surface area contributed by atoms with E-state index in [-0.39, 0.29) is 16.8 Å². The van der Waals surface area contributed by atoms with Gasteiger partial charge < -0.3 is 15.7 Å². The van der Waals surface area contributed by atoms with Gasteiger partial charge in [-0.2, -0.15) is 5.10 Å². The minimum Gasteiger partial charge on any atom is -0.323 e. The fourth-order valence-corrected chi connectivity index (χ4v) is 3.74. The largest absolute Gasteiger partial charge is 0.323 e. The van der Waals surface area contributed by atoms with Gasteiger partial charge in [0, 0.05) is 18.0 Å². The summed E-state index contributed by atoms with van der Waals surface area (Å²) in [5, 5.41) is 3.97. The van der Waals surface area contributed by atoms with E-state index in [9.17, 15) is 13.6 Å². The van der Waals surface area contributed by atoms with Crippen LogP contribution in [0, 0.1) is 11.6 Å². The van der Waals surface area contributed by atoms with Gasteiger partial charge in [-0.25, -0.2) is 8.78 Å². The van der Waals surface area contributed by atoms with Crippen molar-refractivity contribution in [1.82, 2.24) is 9.88 Å². The van der Waals surface area contributed by atoms with Gasteiger partial charge in [0.1, 0.15) is 5.71 Å². The number of hydrogen-bond acceptors (Lipinski definition) is 5. The summed E-state index contributed by atoms with van der Waals surface area (Å²) in [4.78, 5) is 21.7. The Morgan fingerprint density at radius 2 is 1.81 bits per heavy atom. The molecule has 6 nitrogen and oxygen atoms in total. The molecule has 2 aromatic carbocycles. The zero-order valence-electron chi connectivity index (χ0n) is 16.9. The molecule has 1 aliphatic rings. The minimum absolute atomic E-state index is 0.118. The third-order valence-corrected chi connectivity index (χ3v) is 5.49. The molecule has 0 bridgehead atoms. The monoisotopic (exact) mass is 423 g/mol. The molecule has 0 amide bonds. The average Bonchev–Trinajstić information content (AvgIpc) is 3.29.